The second kappa shape index (κ2) is 3.95. The molecular formula is C14H6Br2O. The van der Waals surface area contributed by atoms with E-state index in [1.54, 1.807) is 0 Å². The fraction of sp³-hybridized carbons (Fsp3) is 0. The zero-order chi connectivity index (χ0) is 12.0. The number of hydrogen-bond donors (Lipinski definition) is 0. The van der Waals surface area contributed by atoms with Gasteiger partial charge in [-0.25, -0.2) is 4.79 Å². The van der Waals surface area contributed by atoms with Crippen LogP contribution < -0.4 is 0 Å². The Morgan fingerprint density at radius 1 is 0.765 bits per heavy atom. The number of halogens is 2. The molecular weight excluding hydrogens is 344 g/mol. The molecule has 0 aromatic heterocycles. The first-order chi connectivity index (χ1) is 8.20. The van der Waals surface area contributed by atoms with Crippen LogP contribution >= 0.6 is 31.9 Å². The molecule has 0 fully saturated rings. The molecule has 0 unspecified atom stereocenters. The molecule has 0 spiro atoms. The van der Waals surface area contributed by atoms with Gasteiger partial charge in [0.05, 0.1) is 5.57 Å². The molecule has 1 nitrogen and oxygen atoms in total. The van der Waals surface area contributed by atoms with Gasteiger partial charge < -0.3 is 0 Å². The standard InChI is InChI=1S/C14H6Br2O/c15-8-1-3-10-11-4-2-9(16)6-13(11)14(7-17)12(10)5-8/h1-6H. The summed E-state index contributed by atoms with van der Waals surface area (Å²) in [5, 5.41) is 0. The molecule has 0 N–H and O–H groups in total. The highest BCUT2D eigenvalue weighted by atomic mass is 79.9. The Hall–Kier alpha value is -1.15. The molecule has 2 aromatic rings. The molecule has 0 atom stereocenters. The monoisotopic (exact) mass is 348 g/mol. The maximum absolute atomic E-state index is 11.2. The van der Waals surface area contributed by atoms with Crippen LogP contribution in [0.1, 0.15) is 11.1 Å². The Kier molecular flexibility index (Phi) is 2.55. The maximum atomic E-state index is 11.2. The predicted molar refractivity (Wildman–Crippen MR) is 75.5 cm³/mol. The van der Waals surface area contributed by atoms with Gasteiger partial charge in [-0.05, 0) is 35.4 Å². The minimum atomic E-state index is 0.637. The molecule has 1 aliphatic rings. The number of benzene rings is 2. The number of fused-ring (bicyclic) bond motifs is 3. The van der Waals surface area contributed by atoms with E-state index in [1.807, 2.05) is 36.4 Å². The zero-order valence-electron chi connectivity index (χ0n) is 8.63. The predicted octanol–water partition coefficient (Wildman–Crippen LogP) is 4.46. The highest BCUT2D eigenvalue weighted by Gasteiger charge is 2.24. The lowest BCUT2D eigenvalue weighted by atomic mass is 10.1. The largest absolute Gasteiger partial charge is 0.233 e. The average Bonchev–Trinajstić information content (AvgIpc) is 2.60. The molecule has 2 aromatic carbocycles. The van der Waals surface area contributed by atoms with E-state index in [0.29, 0.717) is 5.57 Å². The highest BCUT2D eigenvalue weighted by molar-refractivity contribution is 9.10. The van der Waals surface area contributed by atoms with Crippen molar-refractivity contribution in [1.29, 1.82) is 0 Å². The average molecular weight is 350 g/mol. The van der Waals surface area contributed by atoms with Gasteiger partial charge in [0.25, 0.3) is 0 Å². The summed E-state index contributed by atoms with van der Waals surface area (Å²) in [6, 6.07) is 11.9. The molecule has 0 heterocycles. The van der Waals surface area contributed by atoms with E-state index in [4.69, 9.17) is 0 Å². The summed E-state index contributed by atoms with van der Waals surface area (Å²) in [4.78, 5) is 11.2. The molecule has 17 heavy (non-hydrogen) atoms. The minimum Gasteiger partial charge on any atom is -0.233 e. The lowest BCUT2D eigenvalue weighted by Gasteiger charge is -2.00. The van der Waals surface area contributed by atoms with Crippen LogP contribution in [-0.2, 0) is 4.79 Å². The first kappa shape index (κ1) is 11.0. The third-order valence-electron chi connectivity index (χ3n) is 2.89. The van der Waals surface area contributed by atoms with Crippen LogP contribution in [0.4, 0.5) is 0 Å². The third-order valence-corrected chi connectivity index (χ3v) is 3.88. The van der Waals surface area contributed by atoms with Crippen molar-refractivity contribution in [2.75, 3.05) is 0 Å². The lowest BCUT2D eigenvalue weighted by Crippen LogP contribution is -1.81. The van der Waals surface area contributed by atoms with Crippen LogP contribution in [-0.4, -0.2) is 5.94 Å². The van der Waals surface area contributed by atoms with E-state index in [2.05, 4.69) is 37.8 Å². The summed E-state index contributed by atoms with van der Waals surface area (Å²) in [7, 11) is 0. The minimum absolute atomic E-state index is 0.637. The van der Waals surface area contributed by atoms with Crippen molar-refractivity contribution in [3.05, 3.63) is 56.5 Å². The van der Waals surface area contributed by atoms with Gasteiger partial charge in [0.2, 0.25) is 0 Å². The molecule has 3 rings (SSSR count). The quantitative estimate of drug-likeness (QED) is 0.548. The fourth-order valence-electron chi connectivity index (χ4n) is 2.17. The molecule has 0 amide bonds. The molecule has 0 saturated carbocycles. The van der Waals surface area contributed by atoms with Gasteiger partial charge in [-0.1, -0.05) is 44.0 Å². The van der Waals surface area contributed by atoms with Crippen LogP contribution in [0.2, 0.25) is 0 Å². The van der Waals surface area contributed by atoms with Gasteiger partial charge in [0, 0.05) is 20.1 Å². The smallest absolute Gasteiger partial charge is 0.133 e. The van der Waals surface area contributed by atoms with Crippen molar-refractivity contribution >= 4 is 43.4 Å². The normalized spacial score (nSPS) is 12.0. The first-order valence-corrected chi connectivity index (χ1v) is 6.64. The molecule has 0 bridgehead atoms. The number of rotatable bonds is 0. The number of hydrogen-bond acceptors (Lipinski definition) is 1. The molecule has 0 radical (unpaired) electrons. The van der Waals surface area contributed by atoms with Crippen molar-refractivity contribution in [1.82, 2.24) is 0 Å². The summed E-state index contributed by atoms with van der Waals surface area (Å²) in [6.07, 6.45) is 0. The van der Waals surface area contributed by atoms with Crippen LogP contribution in [0.3, 0.4) is 0 Å². The fourth-order valence-corrected chi connectivity index (χ4v) is 2.89. The Morgan fingerprint density at radius 2 is 1.24 bits per heavy atom. The van der Waals surface area contributed by atoms with E-state index in [1.165, 1.54) is 0 Å². The van der Waals surface area contributed by atoms with E-state index < -0.39 is 0 Å². The van der Waals surface area contributed by atoms with E-state index >= 15 is 0 Å². The topological polar surface area (TPSA) is 17.1 Å². The van der Waals surface area contributed by atoms with Crippen LogP contribution in [0, 0.1) is 0 Å². The van der Waals surface area contributed by atoms with Crippen LogP contribution in [0.25, 0.3) is 16.7 Å². The second-order valence-electron chi connectivity index (χ2n) is 3.86. The Balaban J connectivity index is 2.41. The highest BCUT2D eigenvalue weighted by Crippen LogP contribution is 2.44. The van der Waals surface area contributed by atoms with Gasteiger partial charge in [0.15, 0.2) is 0 Å². The summed E-state index contributed by atoms with van der Waals surface area (Å²) in [5.74, 6) is 2.06. The van der Waals surface area contributed by atoms with Crippen molar-refractivity contribution in [2.24, 2.45) is 0 Å². The summed E-state index contributed by atoms with van der Waals surface area (Å²) in [5.41, 5.74) is 4.71. The lowest BCUT2D eigenvalue weighted by molar-refractivity contribution is 0.569. The van der Waals surface area contributed by atoms with Gasteiger partial charge in [-0.3, -0.25) is 0 Å². The van der Waals surface area contributed by atoms with Crippen molar-refractivity contribution in [3.8, 4) is 11.1 Å². The summed E-state index contributed by atoms with van der Waals surface area (Å²) >= 11 is 6.86. The Labute approximate surface area is 115 Å². The van der Waals surface area contributed by atoms with E-state index in [9.17, 15) is 4.79 Å². The third kappa shape index (κ3) is 1.62. The molecule has 0 saturated heterocycles. The van der Waals surface area contributed by atoms with Crippen LogP contribution in [0.5, 0.6) is 0 Å². The number of carbonyl (C=O) groups excluding carboxylic acids is 1. The van der Waals surface area contributed by atoms with Crippen molar-refractivity contribution < 1.29 is 4.79 Å². The SMILES string of the molecule is O=C=C1c2cc(Br)ccc2-c2ccc(Br)cc21. The zero-order valence-corrected chi connectivity index (χ0v) is 11.8. The maximum Gasteiger partial charge on any atom is 0.133 e. The molecule has 3 heteroatoms. The van der Waals surface area contributed by atoms with Crippen LogP contribution in [0.15, 0.2) is 45.3 Å². The van der Waals surface area contributed by atoms with Gasteiger partial charge in [0.1, 0.15) is 5.94 Å². The summed E-state index contributed by atoms with van der Waals surface area (Å²) < 4.78 is 1.94. The first-order valence-electron chi connectivity index (χ1n) is 5.06. The Bertz CT molecular complexity index is 629. The molecule has 1 aliphatic carbocycles. The van der Waals surface area contributed by atoms with Crippen molar-refractivity contribution in [3.63, 3.8) is 0 Å². The Morgan fingerprint density at radius 3 is 1.65 bits per heavy atom. The molecule has 82 valence electrons. The van der Waals surface area contributed by atoms with E-state index in [0.717, 1.165) is 31.2 Å². The van der Waals surface area contributed by atoms with Gasteiger partial charge in [-0.2, -0.15) is 0 Å². The van der Waals surface area contributed by atoms with Gasteiger partial charge in [-0.15, -0.1) is 0 Å². The summed E-state index contributed by atoms with van der Waals surface area (Å²) in [6.45, 7) is 0. The molecule has 0 aliphatic heterocycles. The second-order valence-corrected chi connectivity index (χ2v) is 5.69. The van der Waals surface area contributed by atoms with E-state index in [-0.39, 0.29) is 0 Å². The van der Waals surface area contributed by atoms with Crippen molar-refractivity contribution in [2.45, 2.75) is 0 Å². The van der Waals surface area contributed by atoms with Gasteiger partial charge >= 0.3 is 0 Å².